The zero-order valence-corrected chi connectivity index (χ0v) is 13.7. The van der Waals surface area contributed by atoms with Crippen molar-refractivity contribution in [1.29, 1.82) is 0 Å². The van der Waals surface area contributed by atoms with Gasteiger partial charge in [0, 0.05) is 11.8 Å². The number of fused-ring (bicyclic) bond motifs is 1. The number of para-hydroxylation sites is 1. The fourth-order valence-corrected chi connectivity index (χ4v) is 2.38. The number of anilines is 1. The maximum atomic E-state index is 12.3. The number of carbonyl (C=O) groups excluding carboxylic acids is 2. The molecule has 1 aliphatic heterocycles. The Bertz CT molecular complexity index is 806. The molecule has 25 heavy (non-hydrogen) atoms. The van der Waals surface area contributed by atoms with E-state index in [0.29, 0.717) is 30.4 Å². The van der Waals surface area contributed by atoms with Gasteiger partial charge < -0.3 is 25.3 Å². The molecule has 2 aromatic carbocycles. The van der Waals surface area contributed by atoms with E-state index in [1.54, 1.807) is 49.4 Å². The molecule has 3 rings (SSSR count). The molecule has 0 aliphatic carbocycles. The molecule has 0 fully saturated rings. The molecule has 7 nitrogen and oxygen atoms in total. The fraction of sp³-hybridized carbons (Fsp3) is 0.222. The highest BCUT2D eigenvalue weighted by molar-refractivity contribution is 5.97. The van der Waals surface area contributed by atoms with Crippen LogP contribution in [0.4, 0.5) is 5.69 Å². The lowest BCUT2D eigenvalue weighted by atomic mass is 10.2. The van der Waals surface area contributed by atoms with Crippen molar-refractivity contribution >= 4 is 17.5 Å². The molecule has 0 radical (unpaired) electrons. The van der Waals surface area contributed by atoms with Gasteiger partial charge in [0.15, 0.2) is 17.6 Å². The van der Waals surface area contributed by atoms with Crippen molar-refractivity contribution in [1.82, 2.24) is 0 Å². The Morgan fingerprint density at radius 3 is 2.60 bits per heavy atom. The summed E-state index contributed by atoms with van der Waals surface area (Å²) in [5.74, 6) is 0.506. The summed E-state index contributed by atoms with van der Waals surface area (Å²) in [5.41, 5.74) is 6.10. The molecular formula is C18H18N2O5. The van der Waals surface area contributed by atoms with Crippen molar-refractivity contribution in [2.24, 2.45) is 5.73 Å². The molecule has 0 saturated carbocycles. The molecular weight excluding hydrogens is 324 g/mol. The third-order valence-corrected chi connectivity index (χ3v) is 3.64. The van der Waals surface area contributed by atoms with Crippen LogP contribution in [-0.2, 0) is 4.79 Å². The maximum Gasteiger partial charge on any atom is 0.265 e. The van der Waals surface area contributed by atoms with Crippen LogP contribution in [-0.4, -0.2) is 31.1 Å². The van der Waals surface area contributed by atoms with E-state index in [0.717, 1.165) is 0 Å². The summed E-state index contributed by atoms with van der Waals surface area (Å²) < 4.78 is 16.5. The van der Waals surface area contributed by atoms with Gasteiger partial charge in [-0.25, -0.2) is 0 Å². The summed E-state index contributed by atoms with van der Waals surface area (Å²) in [5, 5.41) is 2.75. The van der Waals surface area contributed by atoms with E-state index in [9.17, 15) is 9.59 Å². The Balaban J connectivity index is 1.68. The molecule has 0 saturated heterocycles. The van der Waals surface area contributed by atoms with Crippen LogP contribution in [0.1, 0.15) is 17.3 Å². The summed E-state index contributed by atoms with van der Waals surface area (Å²) in [6.07, 6.45) is -0.825. The first-order valence-corrected chi connectivity index (χ1v) is 7.80. The number of carbonyl (C=O) groups is 2. The van der Waals surface area contributed by atoms with Gasteiger partial charge in [0.25, 0.3) is 11.8 Å². The molecule has 2 aromatic rings. The van der Waals surface area contributed by atoms with Crippen molar-refractivity contribution in [3.05, 3.63) is 48.0 Å². The van der Waals surface area contributed by atoms with Gasteiger partial charge in [0.1, 0.15) is 19.0 Å². The van der Waals surface area contributed by atoms with E-state index in [-0.39, 0.29) is 17.2 Å². The lowest BCUT2D eigenvalue weighted by molar-refractivity contribution is -0.122. The van der Waals surface area contributed by atoms with Crippen molar-refractivity contribution in [3.63, 3.8) is 0 Å². The standard InChI is InChI=1S/C18H18N2O5/c1-11(25-14-5-3-2-4-13(14)17(19)21)18(22)20-12-6-7-15-16(10-12)24-9-8-23-15/h2-7,10-11H,8-9H2,1H3,(H2,19,21)(H,20,22)/t11-/m1/s1. The third-order valence-electron chi connectivity index (χ3n) is 3.64. The Labute approximate surface area is 144 Å². The molecule has 0 unspecified atom stereocenters. The van der Waals surface area contributed by atoms with E-state index in [1.807, 2.05) is 0 Å². The highest BCUT2D eigenvalue weighted by Crippen LogP contribution is 2.32. The normalized spacial score (nSPS) is 13.6. The van der Waals surface area contributed by atoms with Crippen LogP contribution >= 0.6 is 0 Å². The average molecular weight is 342 g/mol. The van der Waals surface area contributed by atoms with Crippen molar-refractivity contribution < 1.29 is 23.8 Å². The maximum absolute atomic E-state index is 12.3. The van der Waals surface area contributed by atoms with Crippen molar-refractivity contribution in [2.45, 2.75) is 13.0 Å². The highest BCUT2D eigenvalue weighted by Gasteiger charge is 2.19. The van der Waals surface area contributed by atoms with Gasteiger partial charge in [-0.15, -0.1) is 0 Å². The number of nitrogens with one attached hydrogen (secondary N) is 1. The molecule has 1 atom stereocenters. The molecule has 1 aliphatic rings. The Kier molecular flexibility index (Phi) is 4.74. The van der Waals surface area contributed by atoms with Gasteiger partial charge in [-0.05, 0) is 31.2 Å². The van der Waals surface area contributed by atoms with E-state index in [1.165, 1.54) is 0 Å². The number of hydrogen-bond donors (Lipinski definition) is 2. The minimum atomic E-state index is -0.825. The zero-order chi connectivity index (χ0) is 17.8. The van der Waals surface area contributed by atoms with Crippen LogP contribution in [0.3, 0.4) is 0 Å². The molecule has 3 N–H and O–H groups in total. The van der Waals surface area contributed by atoms with Gasteiger partial charge >= 0.3 is 0 Å². The Morgan fingerprint density at radius 1 is 1.12 bits per heavy atom. The zero-order valence-electron chi connectivity index (χ0n) is 13.7. The largest absolute Gasteiger partial charge is 0.486 e. The van der Waals surface area contributed by atoms with Crippen LogP contribution < -0.4 is 25.3 Å². The quantitative estimate of drug-likeness (QED) is 0.865. The molecule has 0 spiro atoms. The first kappa shape index (κ1) is 16.6. The van der Waals surface area contributed by atoms with E-state index in [4.69, 9.17) is 19.9 Å². The Hall–Kier alpha value is -3.22. The SMILES string of the molecule is C[C@@H](Oc1ccccc1C(N)=O)C(=O)Nc1ccc2c(c1)OCCO2. The van der Waals surface area contributed by atoms with Crippen molar-refractivity contribution in [2.75, 3.05) is 18.5 Å². The third kappa shape index (κ3) is 3.82. The lowest BCUT2D eigenvalue weighted by Gasteiger charge is -2.20. The Morgan fingerprint density at radius 2 is 1.84 bits per heavy atom. The monoisotopic (exact) mass is 342 g/mol. The number of primary amides is 1. The highest BCUT2D eigenvalue weighted by atomic mass is 16.6. The average Bonchev–Trinajstić information content (AvgIpc) is 2.61. The topological polar surface area (TPSA) is 99.9 Å². The summed E-state index contributed by atoms with van der Waals surface area (Å²) in [6, 6.07) is 11.7. The number of rotatable bonds is 5. The van der Waals surface area contributed by atoms with Gasteiger partial charge in [0.2, 0.25) is 0 Å². The second kappa shape index (κ2) is 7.12. The summed E-state index contributed by atoms with van der Waals surface area (Å²) in [4.78, 5) is 23.8. The predicted molar refractivity (Wildman–Crippen MR) is 91.1 cm³/mol. The molecule has 0 bridgehead atoms. The number of ether oxygens (including phenoxy) is 3. The van der Waals surface area contributed by atoms with E-state index >= 15 is 0 Å². The first-order valence-electron chi connectivity index (χ1n) is 7.80. The van der Waals surface area contributed by atoms with Crippen LogP contribution in [0.2, 0.25) is 0 Å². The second-order valence-corrected chi connectivity index (χ2v) is 5.47. The second-order valence-electron chi connectivity index (χ2n) is 5.47. The minimum Gasteiger partial charge on any atom is -0.486 e. The number of amides is 2. The smallest absolute Gasteiger partial charge is 0.265 e. The minimum absolute atomic E-state index is 0.224. The number of benzene rings is 2. The summed E-state index contributed by atoms with van der Waals surface area (Å²) >= 11 is 0. The molecule has 2 amide bonds. The van der Waals surface area contributed by atoms with Gasteiger partial charge in [-0.1, -0.05) is 12.1 Å². The summed E-state index contributed by atoms with van der Waals surface area (Å²) in [6.45, 7) is 2.56. The van der Waals surface area contributed by atoms with Crippen LogP contribution in [0.5, 0.6) is 17.2 Å². The van der Waals surface area contributed by atoms with Crippen LogP contribution in [0.25, 0.3) is 0 Å². The molecule has 7 heteroatoms. The van der Waals surface area contributed by atoms with E-state index < -0.39 is 12.0 Å². The molecule has 1 heterocycles. The summed E-state index contributed by atoms with van der Waals surface area (Å²) in [7, 11) is 0. The number of nitrogens with two attached hydrogens (primary N) is 1. The van der Waals surface area contributed by atoms with Crippen molar-refractivity contribution in [3.8, 4) is 17.2 Å². The van der Waals surface area contributed by atoms with Gasteiger partial charge in [-0.2, -0.15) is 0 Å². The van der Waals surface area contributed by atoms with Crippen LogP contribution in [0.15, 0.2) is 42.5 Å². The number of hydrogen-bond acceptors (Lipinski definition) is 5. The molecule has 130 valence electrons. The predicted octanol–water partition coefficient (Wildman–Crippen LogP) is 1.96. The van der Waals surface area contributed by atoms with Gasteiger partial charge in [0.05, 0.1) is 5.56 Å². The fourth-order valence-electron chi connectivity index (χ4n) is 2.38. The van der Waals surface area contributed by atoms with E-state index in [2.05, 4.69) is 5.32 Å². The lowest BCUT2D eigenvalue weighted by Crippen LogP contribution is -2.31. The molecule has 0 aromatic heterocycles. The van der Waals surface area contributed by atoms with Crippen LogP contribution in [0, 0.1) is 0 Å². The van der Waals surface area contributed by atoms with Gasteiger partial charge in [-0.3, -0.25) is 9.59 Å². The first-order chi connectivity index (χ1) is 12.0.